The Bertz CT molecular complexity index is 585. The number of rotatable bonds is 5. The summed E-state index contributed by atoms with van der Waals surface area (Å²) < 4.78 is 6.52. The van der Waals surface area contributed by atoms with Crippen LogP contribution in [0.5, 0.6) is 0 Å². The lowest BCUT2D eigenvalue weighted by molar-refractivity contribution is 0.478. The number of halogens is 2. The molecule has 2 aromatic rings. The second kappa shape index (κ2) is 5.64. The number of benzene rings is 1. The summed E-state index contributed by atoms with van der Waals surface area (Å²) in [4.78, 5) is 0. The summed E-state index contributed by atoms with van der Waals surface area (Å²) in [5.41, 5.74) is 0.898. The molecule has 1 fully saturated rings. The van der Waals surface area contributed by atoms with Gasteiger partial charge in [-0.05, 0) is 53.6 Å². The van der Waals surface area contributed by atoms with Gasteiger partial charge in [0.1, 0.15) is 0 Å². The molecule has 0 atom stereocenters. The fourth-order valence-electron chi connectivity index (χ4n) is 1.60. The quantitative estimate of drug-likeness (QED) is 0.767. The van der Waals surface area contributed by atoms with Gasteiger partial charge in [0.2, 0.25) is 5.89 Å². The van der Waals surface area contributed by atoms with Crippen molar-refractivity contribution in [3.05, 3.63) is 32.7 Å². The molecule has 3 rings (SSSR count). The lowest BCUT2D eigenvalue weighted by Gasteiger charge is -2.04. The molecule has 19 heavy (non-hydrogen) atoms. The fourth-order valence-corrected chi connectivity index (χ4v) is 2.61. The number of anilines is 2. The second-order valence-electron chi connectivity index (χ2n) is 4.41. The molecule has 1 heterocycles. The molecule has 1 aliphatic rings. The summed E-state index contributed by atoms with van der Waals surface area (Å²) in [6.45, 7) is 0.622. The third-order valence-electron chi connectivity index (χ3n) is 2.76. The van der Waals surface area contributed by atoms with Crippen molar-refractivity contribution >= 4 is 45.9 Å². The average molecular weight is 391 g/mol. The molecule has 0 bridgehead atoms. The molecule has 7 heteroatoms. The van der Waals surface area contributed by atoms with E-state index in [-0.39, 0.29) is 0 Å². The van der Waals surface area contributed by atoms with E-state index in [1.807, 2.05) is 18.2 Å². The molecule has 0 amide bonds. The van der Waals surface area contributed by atoms with Crippen LogP contribution in [-0.4, -0.2) is 16.2 Å². The van der Waals surface area contributed by atoms with Gasteiger partial charge in [0.25, 0.3) is 0 Å². The van der Waals surface area contributed by atoms with Crippen LogP contribution in [0.15, 0.2) is 22.6 Å². The molecular weight excluding hydrogens is 379 g/mol. The molecule has 1 saturated carbocycles. The van der Waals surface area contributed by atoms with Crippen LogP contribution in [0.1, 0.15) is 18.7 Å². The summed E-state index contributed by atoms with van der Waals surface area (Å²) in [7, 11) is 0. The number of aromatic nitrogens is 2. The van der Waals surface area contributed by atoms with Gasteiger partial charge in [-0.1, -0.05) is 16.7 Å². The van der Waals surface area contributed by atoms with Crippen LogP contribution >= 0.6 is 34.2 Å². The first-order chi connectivity index (χ1) is 9.20. The third kappa shape index (κ3) is 3.58. The highest BCUT2D eigenvalue weighted by atomic mass is 127. The summed E-state index contributed by atoms with van der Waals surface area (Å²) in [5, 5.41) is 15.1. The fraction of sp³-hybridized carbons (Fsp3) is 0.333. The largest absolute Gasteiger partial charge is 0.406 e. The SMILES string of the molecule is Clc1ccc(Nc2nnc(CNC3CC3)o2)c(I)c1. The highest BCUT2D eigenvalue weighted by Crippen LogP contribution is 2.25. The molecule has 0 spiro atoms. The van der Waals surface area contributed by atoms with E-state index in [2.05, 4.69) is 43.4 Å². The summed E-state index contributed by atoms with van der Waals surface area (Å²) in [5.74, 6) is 0.596. The zero-order valence-corrected chi connectivity index (χ0v) is 12.9. The van der Waals surface area contributed by atoms with Crippen LogP contribution in [-0.2, 0) is 6.54 Å². The Balaban J connectivity index is 1.65. The normalized spacial score (nSPS) is 14.6. The van der Waals surface area contributed by atoms with Crippen LogP contribution in [0.4, 0.5) is 11.7 Å². The number of nitrogens with one attached hydrogen (secondary N) is 2. The molecule has 0 unspecified atom stereocenters. The van der Waals surface area contributed by atoms with Crippen LogP contribution in [0.2, 0.25) is 5.02 Å². The van der Waals surface area contributed by atoms with E-state index in [4.69, 9.17) is 16.0 Å². The monoisotopic (exact) mass is 390 g/mol. The van der Waals surface area contributed by atoms with Crippen molar-refractivity contribution in [2.45, 2.75) is 25.4 Å². The van der Waals surface area contributed by atoms with E-state index in [0.29, 0.717) is 29.5 Å². The van der Waals surface area contributed by atoms with Crippen molar-refractivity contribution in [2.75, 3.05) is 5.32 Å². The van der Waals surface area contributed by atoms with Gasteiger partial charge in [0, 0.05) is 14.6 Å². The minimum Gasteiger partial charge on any atom is -0.406 e. The Morgan fingerprint density at radius 3 is 2.95 bits per heavy atom. The van der Waals surface area contributed by atoms with Crippen molar-refractivity contribution in [3.63, 3.8) is 0 Å². The van der Waals surface area contributed by atoms with Gasteiger partial charge in [-0.25, -0.2) is 0 Å². The van der Waals surface area contributed by atoms with Crippen molar-refractivity contribution in [3.8, 4) is 0 Å². The maximum absolute atomic E-state index is 5.91. The number of nitrogens with zero attached hydrogens (tertiary/aromatic N) is 2. The smallest absolute Gasteiger partial charge is 0.320 e. The van der Waals surface area contributed by atoms with Crippen molar-refractivity contribution in [1.82, 2.24) is 15.5 Å². The van der Waals surface area contributed by atoms with Gasteiger partial charge in [0.05, 0.1) is 12.2 Å². The standard InChI is InChI=1S/C12H12ClIN4O/c13-7-1-4-10(9(14)5-7)16-12-18-17-11(19-12)6-15-8-2-3-8/h1,4-5,8,15H,2-3,6H2,(H,16,18). The molecule has 1 aromatic heterocycles. The number of hydrogen-bond donors (Lipinski definition) is 2. The van der Waals surface area contributed by atoms with Crippen molar-refractivity contribution < 1.29 is 4.42 Å². The van der Waals surface area contributed by atoms with E-state index in [1.165, 1.54) is 12.8 Å². The van der Waals surface area contributed by atoms with Crippen LogP contribution < -0.4 is 10.6 Å². The molecule has 0 saturated heterocycles. The van der Waals surface area contributed by atoms with Crippen molar-refractivity contribution in [2.24, 2.45) is 0 Å². The summed E-state index contributed by atoms with van der Waals surface area (Å²) >= 11 is 8.11. The first kappa shape index (κ1) is 13.1. The Hall–Kier alpha value is -0.860. The van der Waals surface area contributed by atoms with Gasteiger partial charge in [0.15, 0.2) is 0 Å². The lowest BCUT2D eigenvalue weighted by Crippen LogP contribution is -2.15. The van der Waals surface area contributed by atoms with Gasteiger partial charge in [-0.2, -0.15) is 0 Å². The second-order valence-corrected chi connectivity index (χ2v) is 6.00. The molecule has 1 aromatic carbocycles. The van der Waals surface area contributed by atoms with Gasteiger partial charge >= 0.3 is 6.01 Å². The van der Waals surface area contributed by atoms with E-state index in [1.54, 1.807) is 0 Å². The zero-order valence-electron chi connectivity index (χ0n) is 9.99. The minimum absolute atomic E-state index is 0.396. The predicted octanol–water partition coefficient (Wildman–Crippen LogP) is 3.32. The maximum Gasteiger partial charge on any atom is 0.320 e. The Morgan fingerprint density at radius 2 is 2.21 bits per heavy atom. The van der Waals surface area contributed by atoms with Crippen molar-refractivity contribution in [1.29, 1.82) is 0 Å². The van der Waals surface area contributed by atoms with Gasteiger partial charge in [-0.3, -0.25) is 0 Å². The summed E-state index contributed by atoms with van der Waals surface area (Å²) in [6.07, 6.45) is 2.48. The zero-order chi connectivity index (χ0) is 13.2. The number of hydrogen-bond acceptors (Lipinski definition) is 5. The Labute approximate surface area is 129 Å². The van der Waals surface area contributed by atoms with Crippen LogP contribution in [0.3, 0.4) is 0 Å². The third-order valence-corrected chi connectivity index (χ3v) is 3.89. The molecule has 2 N–H and O–H groups in total. The molecule has 5 nitrogen and oxygen atoms in total. The molecule has 0 radical (unpaired) electrons. The maximum atomic E-state index is 5.91. The lowest BCUT2D eigenvalue weighted by atomic mass is 10.3. The molecule has 1 aliphatic carbocycles. The van der Waals surface area contributed by atoms with E-state index >= 15 is 0 Å². The highest BCUT2D eigenvalue weighted by Gasteiger charge is 2.21. The molecular formula is C12H12ClIN4O. The Kier molecular flexibility index (Phi) is 3.90. The summed E-state index contributed by atoms with van der Waals surface area (Å²) in [6, 6.07) is 6.60. The van der Waals surface area contributed by atoms with E-state index < -0.39 is 0 Å². The predicted molar refractivity (Wildman–Crippen MR) is 81.6 cm³/mol. The Morgan fingerprint density at radius 1 is 1.37 bits per heavy atom. The van der Waals surface area contributed by atoms with E-state index in [0.717, 1.165) is 9.26 Å². The first-order valence-corrected chi connectivity index (χ1v) is 7.44. The average Bonchev–Trinajstić information content (AvgIpc) is 3.10. The van der Waals surface area contributed by atoms with Gasteiger partial charge in [-0.15, -0.1) is 5.10 Å². The topological polar surface area (TPSA) is 63.0 Å². The van der Waals surface area contributed by atoms with Crippen LogP contribution in [0, 0.1) is 3.57 Å². The molecule has 0 aliphatic heterocycles. The van der Waals surface area contributed by atoms with Crippen LogP contribution in [0.25, 0.3) is 0 Å². The molecule has 100 valence electrons. The first-order valence-electron chi connectivity index (χ1n) is 5.98. The van der Waals surface area contributed by atoms with E-state index in [9.17, 15) is 0 Å². The van der Waals surface area contributed by atoms with Gasteiger partial charge < -0.3 is 15.1 Å². The highest BCUT2D eigenvalue weighted by molar-refractivity contribution is 14.1. The minimum atomic E-state index is 0.396.